The molecule has 0 unspecified atom stereocenters. The maximum absolute atomic E-state index is 11.0. The van der Waals surface area contributed by atoms with E-state index in [0.29, 0.717) is 12.1 Å². The molecule has 2 amide bonds. The fourth-order valence-corrected chi connectivity index (χ4v) is 1.05. The van der Waals surface area contributed by atoms with E-state index in [-0.39, 0.29) is 5.91 Å². The highest BCUT2D eigenvalue weighted by Crippen LogP contribution is 2.17. The van der Waals surface area contributed by atoms with E-state index in [0.717, 1.165) is 5.69 Å². The topological polar surface area (TPSA) is 49.4 Å². The van der Waals surface area contributed by atoms with E-state index < -0.39 is 0 Å². The maximum atomic E-state index is 11.0. The highest BCUT2D eigenvalue weighted by Gasteiger charge is 2.04. The van der Waals surface area contributed by atoms with Crippen molar-refractivity contribution in [3.8, 4) is 0 Å². The van der Waals surface area contributed by atoms with Crippen LogP contribution in [0.3, 0.4) is 0 Å². The minimum Gasteiger partial charge on any atom is -0.329 e. The lowest BCUT2D eigenvalue weighted by molar-refractivity contribution is -0.116. The number of rotatable bonds is 3. The van der Waals surface area contributed by atoms with E-state index in [2.05, 4.69) is 5.32 Å². The lowest BCUT2D eigenvalue weighted by Gasteiger charge is -2.15. The number of nitrogens with zero attached hydrogens (tertiary/aromatic N) is 1. The quantitative estimate of drug-likeness (QED) is 0.732. The van der Waals surface area contributed by atoms with Gasteiger partial charge in [-0.05, 0) is 18.2 Å². The molecule has 0 aliphatic heterocycles. The zero-order valence-corrected chi connectivity index (χ0v) is 8.15. The predicted molar refractivity (Wildman–Crippen MR) is 55.2 cm³/mol. The summed E-state index contributed by atoms with van der Waals surface area (Å²) >= 11 is 0. The third kappa shape index (κ3) is 2.32. The SMILES string of the molecule is CC(=O)N(C)c1cccc(NC=O)c1. The summed E-state index contributed by atoms with van der Waals surface area (Å²) in [6.07, 6.45) is 0.604. The lowest BCUT2D eigenvalue weighted by Crippen LogP contribution is -2.22. The molecular formula is C10H12N2O2. The van der Waals surface area contributed by atoms with Crippen molar-refractivity contribution in [2.75, 3.05) is 17.3 Å². The number of hydrogen-bond donors (Lipinski definition) is 1. The first-order chi connectivity index (χ1) is 6.65. The number of carbonyl (C=O) groups is 2. The van der Waals surface area contributed by atoms with Gasteiger partial charge in [0.1, 0.15) is 0 Å². The molecule has 0 aliphatic rings. The molecule has 0 heterocycles. The van der Waals surface area contributed by atoms with Gasteiger partial charge >= 0.3 is 0 Å². The lowest BCUT2D eigenvalue weighted by atomic mass is 10.2. The molecule has 0 aromatic heterocycles. The number of nitrogens with one attached hydrogen (secondary N) is 1. The van der Waals surface area contributed by atoms with Gasteiger partial charge < -0.3 is 10.2 Å². The monoisotopic (exact) mass is 192 g/mol. The van der Waals surface area contributed by atoms with Crippen LogP contribution < -0.4 is 10.2 Å². The van der Waals surface area contributed by atoms with Crippen LogP contribution in [-0.4, -0.2) is 19.4 Å². The summed E-state index contributed by atoms with van der Waals surface area (Å²) in [7, 11) is 1.68. The van der Waals surface area contributed by atoms with Crippen LogP contribution in [0.25, 0.3) is 0 Å². The maximum Gasteiger partial charge on any atom is 0.223 e. The van der Waals surface area contributed by atoms with Crippen molar-refractivity contribution in [2.45, 2.75) is 6.92 Å². The average molecular weight is 192 g/mol. The van der Waals surface area contributed by atoms with Crippen LogP contribution in [0.2, 0.25) is 0 Å². The minimum absolute atomic E-state index is 0.0479. The van der Waals surface area contributed by atoms with Crippen LogP contribution in [0.1, 0.15) is 6.92 Å². The van der Waals surface area contributed by atoms with E-state index in [1.165, 1.54) is 11.8 Å². The molecular weight excluding hydrogens is 180 g/mol. The standard InChI is InChI=1S/C10H12N2O2/c1-8(14)12(2)10-5-3-4-9(6-10)11-7-13/h3-7H,1-2H3,(H,11,13). The molecule has 0 saturated carbocycles. The van der Waals surface area contributed by atoms with Gasteiger partial charge in [0, 0.05) is 25.3 Å². The number of anilines is 2. The number of amides is 2. The summed E-state index contributed by atoms with van der Waals surface area (Å²) in [5, 5.41) is 2.52. The van der Waals surface area contributed by atoms with E-state index in [1.54, 1.807) is 31.3 Å². The predicted octanol–water partition coefficient (Wildman–Crippen LogP) is 1.24. The zero-order valence-electron chi connectivity index (χ0n) is 8.15. The van der Waals surface area contributed by atoms with Crippen molar-refractivity contribution >= 4 is 23.7 Å². The third-order valence-corrected chi connectivity index (χ3v) is 1.93. The first-order valence-corrected chi connectivity index (χ1v) is 4.19. The Morgan fingerprint density at radius 2 is 2.21 bits per heavy atom. The van der Waals surface area contributed by atoms with Gasteiger partial charge in [-0.2, -0.15) is 0 Å². The first-order valence-electron chi connectivity index (χ1n) is 4.19. The van der Waals surface area contributed by atoms with E-state index in [9.17, 15) is 9.59 Å². The van der Waals surface area contributed by atoms with Gasteiger partial charge in [-0.15, -0.1) is 0 Å². The fraction of sp³-hybridized carbons (Fsp3) is 0.200. The number of carbonyl (C=O) groups excluding carboxylic acids is 2. The average Bonchev–Trinajstić information content (AvgIpc) is 2.17. The fourth-order valence-electron chi connectivity index (χ4n) is 1.05. The van der Waals surface area contributed by atoms with Gasteiger partial charge in [-0.25, -0.2) is 0 Å². The van der Waals surface area contributed by atoms with Gasteiger partial charge in [0.05, 0.1) is 0 Å². The zero-order chi connectivity index (χ0) is 10.6. The van der Waals surface area contributed by atoms with Gasteiger partial charge in [0.25, 0.3) is 0 Å². The Morgan fingerprint density at radius 3 is 2.79 bits per heavy atom. The molecule has 1 N–H and O–H groups in total. The molecule has 1 rings (SSSR count). The highest BCUT2D eigenvalue weighted by atomic mass is 16.2. The molecule has 0 aliphatic carbocycles. The van der Waals surface area contributed by atoms with Crippen molar-refractivity contribution in [3.05, 3.63) is 24.3 Å². The third-order valence-electron chi connectivity index (χ3n) is 1.93. The van der Waals surface area contributed by atoms with Crippen LogP contribution in [0.15, 0.2) is 24.3 Å². The highest BCUT2D eigenvalue weighted by molar-refractivity contribution is 5.91. The molecule has 0 saturated heterocycles. The van der Waals surface area contributed by atoms with Crippen LogP contribution in [0.4, 0.5) is 11.4 Å². The second-order valence-electron chi connectivity index (χ2n) is 2.89. The van der Waals surface area contributed by atoms with Crippen molar-refractivity contribution in [1.29, 1.82) is 0 Å². The normalized spacial score (nSPS) is 9.29. The molecule has 0 bridgehead atoms. The largest absolute Gasteiger partial charge is 0.329 e. The van der Waals surface area contributed by atoms with Crippen molar-refractivity contribution in [3.63, 3.8) is 0 Å². The first kappa shape index (κ1) is 10.2. The Labute approximate surface area is 82.5 Å². The van der Waals surface area contributed by atoms with Crippen molar-refractivity contribution in [1.82, 2.24) is 0 Å². The Bertz CT molecular complexity index is 350. The summed E-state index contributed by atoms with van der Waals surface area (Å²) in [6, 6.07) is 7.07. The van der Waals surface area contributed by atoms with Gasteiger partial charge in [0.2, 0.25) is 12.3 Å². The smallest absolute Gasteiger partial charge is 0.223 e. The van der Waals surface area contributed by atoms with E-state index in [1.807, 2.05) is 0 Å². The molecule has 4 heteroatoms. The molecule has 0 spiro atoms. The van der Waals surface area contributed by atoms with Crippen molar-refractivity contribution in [2.24, 2.45) is 0 Å². The van der Waals surface area contributed by atoms with Gasteiger partial charge in [0.15, 0.2) is 0 Å². The molecule has 1 aromatic rings. The summed E-state index contributed by atoms with van der Waals surface area (Å²) in [5.74, 6) is -0.0479. The summed E-state index contributed by atoms with van der Waals surface area (Å²) in [6.45, 7) is 1.49. The minimum atomic E-state index is -0.0479. The number of hydrogen-bond acceptors (Lipinski definition) is 2. The second-order valence-corrected chi connectivity index (χ2v) is 2.89. The summed E-state index contributed by atoms with van der Waals surface area (Å²) in [5.41, 5.74) is 1.43. The van der Waals surface area contributed by atoms with Gasteiger partial charge in [-0.3, -0.25) is 9.59 Å². The Morgan fingerprint density at radius 1 is 1.50 bits per heavy atom. The molecule has 14 heavy (non-hydrogen) atoms. The van der Waals surface area contributed by atoms with Crippen LogP contribution >= 0.6 is 0 Å². The van der Waals surface area contributed by atoms with Crippen LogP contribution in [-0.2, 0) is 9.59 Å². The molecule has 0 radical (unpaired) electrons. The Hall–Kier alpha value is -1.84. The molecule has 1 aromatic carbocycles. The summed E-state index contributed by atoms with van der Waals surface area (Å²) < 4.78 is 0. The Kier molecular flexibility index (Phi) is 3.23. The molecule has 4 nitrogen and oxygen atoms in total. The molecule has 74 valence electrons. The molecule has 0 atom stereocenters. The Balaban J connectivity index is 2.92. The molecule has 0 fully saturated rings. The van der Waals surface area contributed by atoms with Crippen LogP contribution in [0.5, 0.6) is 0 Å². The van der Waals surface area contributed by atoms with Crippen molar-refractivity contribution < 1.29 is 9.59 Å². The van der Waals surface area contributed by atoms with Crippen LogP contribution in [0, 0.1) is 0 Å². The summed E-state index contributed by atoms with van der Waals surface area (Å²) in [4.78, 5) is 22.8. The van der Waals surface area contributed by atoms with Gasteiger partial charge in [-0.1, -0.05) is 6.07 Å². The van der Waals surface area contributed by atoms with E-state index >= 15 is 0 Å². The number of benzene rings is 1. The second kappa shape index (κ2) is 4.41. The van der Waals surface area contributed by atoms with E-state index in [4.69, 9.17) is 0 Å².